The van der Waals surface area contributed by atoms with Crippen LogP contribution in [0.25, 0.3) is 0 Å². The topological polar surface area (TPSA) is 139 Å². The molecule has 26 heavy (non-hydrogen) atoms. The molecule has 0 bridgehead atoms. The third kappa shape index (κ3) is 3.66. The highest BCUT2D eigenvalue weighted by atomic mass is 32.2. The van der Waals surface area contributed by atoms with Crippen LogP contribution in [0.2, 0.25) is 0 Å². The summed E-state index contributed by atoms with van der Waals surface area (Å²) in [5.74, 6) is -0.678. The van der Waals surface area contributed by atoms with Crippen LogP contribution in [0, 0.1) is 28.4 Å². The average Bonchev–Trinajstić information content (AvgIpc) is 2.90. The molecule has 0 unspecified atom stereocenters. The minimum Gasteiger partial charge on any atom is -0.462 e. The first kappa shape index (κ1) is 19.4. The molecule has 11 heteroatoms. The molecule has 0 radical (unpaired) electrons. The Hall–Kier alpha value is -2.97. The number of benzene rings is 1. The van der Waals surface area contributed by atoms with Crippen molar-refractivity contribution in [2.75, 3.05) is 11.3 Å². The average molecular weight is 395 g/mol. The Balaban J connectivity index is 2.52. The third-order valence-corrected chi connectivity index (χ3v) is 6.01. The van der Waals surface area contributed by atoms with E-state index in [1.165, 1.54) is 19.1 Å². The van der Waals surface area contributed by atoms with Gasteiger partial charge in [0, 0.05) is 6.07 Å². The maximum Gasteiger partial charge on any atom is 0.348 e. The van der Waals surface area contributed by atoms with Gasteiger partial charge < -0.3 is 4.74 Å². The first-order valence-corrected chi connectivity index (χ1v) is 9.49. The minimum atomic E-state index is -4.35. The number of para-hydroxylation sites is 1. The third-order valence-electron chi connectivity index (χ3n) is 3.30. The van der Waals surface area contributed by atoms with Crippen molar-refractivity contribution in [1.82, 2.24) is 0 Å². The largest absolute Gasteiger partial charge is 0.462 e. The monoisotopic (exact) mass is 395 g/mol. The summed E-state index contributed by atoms with van der Waals surface area (Å²) in [5, 5.41) is 20.3. The minimum absolute atomic E-state index is 0.0415. The highest BCUT2D eigenvalue weighted by Crippen LogP contribution is 2.35. The maximum atomic E-state index is 12.6. The van der Waals surface area contributed by atoms with Gasteiger partial charge in [-0.2, -0.15) is 5.26 Å². The lowest BCUT2D eigenvalue weighted by Gasteiger charge is -2.07. The van der Waals surface area contributed by atoms with Gasteiger partial charge in [-0.1, -0.05) is 12.1 Å². The molecule has 0 atom stereocenters. The summed E-state index contributed by atoms with van der Waals surface area (Å²) in [7, 11) is -4.35. The van der Waals surface area contributed by atoms with Gasteiger partial charge in [-0.25, -0.2) is 13.2 Å². The first-order chi connectivity index (χ1) is 12.2. The lowest BCUT2D eigenvalue weighted by atomic mass is 10.2. The van der Waals surface area contributed by atoms with Crippen LogP contribution in [0.5, 0.6) is 0 Å². The molecule has 0 fully saturated rings. The van der Waals surface area contributed by atoms with E-state index in [4.69, 9.17) is 4.74 Å². The summed E-state index contributed by atoms with van der Waals surface area (Å²) >= 11 is 0.737. The number of rotatable bonds is 6. The molecule has 1 aromatic heterocycles. The molecule has 9 nitrogen and oxygen atoms in total. The molecule has 1 heterocycles. The Labute approximate surface area is 153 Å². The smallest absolute Gasteiger partial charge is 0.348 e. The van der Waals surface area contributed by atoms with Crippen LogP contribution in [-0.2, 0) is 14.8 Å². The van der Waals surface area contributed by atoms with Crippen molar-refractivity contribution < 1.29 is 22.9 Å². The Morgan fingerprint density at radius 2 is 2.08 bits per heavy atom. The van der Waals surface area contributed by atoms with Crippen molar-refractivity contribution >= 4 is 38.0 Å². The summed E-state index contributed by atoms with van der Waals surface area (Å²) < 4.78 is 32.2. The molecular formula is C15H13N3O6S2. The summed E-state index contributed by atoms with van der Waals surface area (Å²) in [6.07, 6.45) is 0. The van der Waals surface area contributed by atoms with E-state index in [1.807, 2.05) is 6.07 Å². The molecule has 0 spiro atoms. The Bertz CT molecular complexity index is 1020. The summed E-state index contributed by atoms with van der Waals surface area (Å²) in [6.45, 7) is 3.23. The number of nitro benzene ring substituents is 1. The number of sulfonamides is 1. The normalized spacial score (nSPS) is 10.8. The van der Waals surface area contributed by atoms with E-state index in [1.54, 1.807) is 6.92 Å². The van der Waals surface area contributed by atoms with E-state index in [2.05, 4.69) is 4.72 Å². The fourth-order valence-corrected chi connectivity index (χ4v) is 4.65. The van der Waals surface area contributed by atoms with Gasteiger partial charge in [-0.15, -0.1) is 11.3 Å². The number of thiophene rings is 1. The quantitative estimate of drug-likeness (QED) is 0.450. The predicted molar refractivity (Wildman–Crippen MR) is 93.6 cm³/mol. The zero-order chi connectivity index (χ0) is 19.5. The van der Waals surface area contributed by atoms with E-state index < -0.39 is 31.5 Å². The zero-order valence-electron chi connectivity index (χ0n) is 13.7. The number of nitrogens with zero attached hydrogens (tertiary/aromatic N) is 2. The lowest BCUT2D eigenvalue weighted by molar-refractivity contribution is -0.387. The first-order valence-electron chi connectivity index (χ1n) is 7.19. The molecule has 1 aromatic carbocycles. The van der Waals surface area contributed by atoms with E-state index in [9.17, 15) is 28.6 Å². The molecule has 0 aliphatic carbocycles. The van der Waals surface area contributed by atoms with E-state index in [0.717, 1.165) is 23.5 Å². The Kier molecular flexibility index (Phi) is 5.59. The van der Waals surface area contributed by atoms with Crippen molar-refractivity contribution in [2.24, 2.45) is 0 Å². The zero-order valence-corrected chi connectivity index (χ0v) is 15.3. The molecule has 0 saturated heterocycles. The second-order valence-corrected chi connectivity index (χ2v) is 7.59. The second-order valence-electron chi connectivity index (χ2n) is 4.92. The lowest BCUT2D eigenvalue weighted by Crippen LogP contribution is -2.14. The fraction of sp³-hybridized carbons (Fsp3) is 0.200. The molecule has 2 rings (SSSR count). The molecule has 2 aromatic rings. The van der Waals surface area contributed by atoms with Crippen LogP contribution in [0.15, 0.2) is 29.2 Å². The molecule has 0 aliphatic rings. The van der Waals surface area contributed by atoms with Crippen molar-refractivity contribution in [1.29, 1.82) is 5.26 Å². The molecule has 0 aliphatic heterocycles. The van der Waals surface area contributed by atoms with Crippen molar-refractivity contribution in [3.05, 3.63) is 50.4 Å². The standard InChI is InChI=1S/C15H13N3O6S2/c1-3-24-15(19)13-9(2)10(8-16)14(25-13)17-26(22,23)12-7-5-4-6-11(12)18(20)21/h4-7,17H,3H2,1-2H3. The van der Waals surface area contributed by atoms with Crippen LogP contribution < -0.4 is 4.72 Å². The van der Waals surface area contributed by atoms with Gasteiger partial charge in [0.05, 0.1) is 17.1 Å². The van der Waals surface area contributed by atoms with Crippen molar-refractivity contribution in [3.8, 4) is 6.07 Å². The molecule has 1 N–H and O–H groups in total. The van der Waals surface area contributed by atoms with Crippen LogP contribution in [0.3, 0.4) is 0 Å². The number of anilines is 1. The predicted octanol–water partition coefficient (Wildman–Crippen LogP) is 2.81. The number of hydrogen-bond donors (Lipinski definition) is 1. The van der Waals surface area contributed by atoms with Crippen molar-refractivity contribution in [3.63, 3.8) is 0 Å². The van der Waals surface area contributed by atoms with Gasteiger partial charge in [-0.3, -0.25) is 14.8 Å². The van der Waals surface area contributed by atoms with Crippen LogP contribution in [0.4, 0.5) is 10.7 Å². The molecular weight excluding hydrogens is 382 g/mol. The Morgan fingerprint density at radius 3 is 2.65 bits per heavy atom. The van der Waals surface area contributed by atoms with E-state index in [-0.39, 0.29) is 27.6 Å². The van der Waals surface area contributed by atoms with Crippen molar-refractivity contribution in [2.45, 2.75) is 18.7 Å². The summed E-state index contributed by atoms with van der Waals surface area (Å²) in [6, 6.07) is 6.66. The number of hydrogen-bond acceptors (Lipinski definition) is 8. The van der Waals surface area contributed by atoms with Gasteiger partial charge in [-0.05, 0) is 25.5 Å². The van der Waals surface area contributed by atoms with Crippen LogP contribution in [0.1, 0.15) is 27.7 Å². The Morgan fingerprint density at radius 1 is 1.42 bits per heavy atom. The number of carbonyl (C=O) groups excluding carboxylic acids is 1. The molecule has 0 saturated carbocycles. The number of nitro groups is 1. The van der Waals surface area contributed by atoms with Gasteiger partial charge in [0.1, 0.15) is 15.9 Å². The van der Waals surface area contributed by atoms with Gasteiger partial charge in [0.2, 0.25) is 0 Å². The number of nitriles is 1. The van der Waals surface area contributed by atoms with Gasteiger partial charge in [0.25, 0.3) is 15.7 Å². The van der Waals surface area contributed by atoms with Crippen LogP contribution in [-0.4, -0.2) is 25.9 Å². The highest BCUT2D eigenvalue weighted by molar-refractivity contribution is 7.93. The number of ether oxygens (including phenoxy) is 1. The second kappa shape index (κ2) is 7.51. The SMILES string of the molecule is CCOC(=O)c1sc(NS(=O)(=O)c2ccccc2[N+](=O)[O-])c(C#N)c1C. The number of esters is 1. The summed E-state index contributed by atoms with van der Waals surface area (Å²) in [4.78, 5) is 21.7. The van der Waals surface area contributed by atoms with E-state index in [0.29, 0.717) is 0 Å². The highest BCUT2D eigenvalue weighted by Gasteiger charge is 2.29. The maximum absolute atomic E-state index is 12.6. The van der Waals surface area contributed by atoms with Gasteiger partial charge in [0.15, 0.2) is 4.90 Å². The van der Waals surface area contributed by atoms with E-state index >= 15 is 0 Å². The van der Waals surface area contributed by atoms with Crippen LogP contribution >= 0.6 is 11.3 Å². The molecule has 0 amide bonds. The van der Waals surface area contributed by atoms with Gasteiger partial charge >= 0.3 is 5.97 Å². The summed E-state index contributed by atoms with van der Waals surface area (Å²) in [5.41, 5.74) is -0.367. The molecule has 136 valence electrons. The number of carbonyl (C=O) groups is 1. The fourth-order valence-electron chi connectivity index (χ4n) is 2.12. The number of nitrogens with one attached hydrogen (secondary N) is 1.